The van der Waals surface area contributed by atoms with Crippen molar-refractivity contribution in [3.63, 3.8) is 0 Å². The lowest BCUT2D eigenvalue weighted by Gasteiger charge is -2.20. The van der Waals surface area contributed by atoms with Gasteiger partial charge in [-0.25, -0.2) is 0 Å². The summed E-state index contributed by atoms with van der Waals surface area (Å²) in [5.41, 5.74) is -0.0972. The smallest absolute Gasteiger partial charge is 0.129 e. The number of hydrogen-bond donors (Lipinski definition) is 2. The van der Waals surface area contributed by atoms with Gasteiger partial charge in [-0.3, -0.25) is 0 Å². The molecule has 0 aromatic heterocycles. The van der Waals surface area contributed by atoms with Gasteiger partial charge in [0.1, 0.15) is 5.72 Å². The van der Waals surface area contributed by atoms with Crippen LogP contribution in [0.4, 0.5) is 5.69 Å². The van der Waals surface area contributed by atoms with E-state index in [2.05, 4.69) is 5.32 Å². The summed E-state index contributed by atoms with van der Waals surface area (Å²) < 4.78 is 0. The molecule has 1 aromatic carbocycles. The molecule has 0 atom stereocenters. The van der Waals surface area contributed by atoms with Crippen molar-refractivity contribution in [3.05, 3.63) is 29.3 Å². The molecule has 0 heterocycles. The van der Waals surface area contributed by atoms with Gasteiger partial charge in [-0.15, -0.1) is 0 Å². The number of anilines is 1. The van der Waals surface area contributed by atoms with Crippen LogP contribution in [0.3, 0.4) is 0 Å². The van der Waals surface area contributed by atoms with Gasteiger partial charge < -0.3 is 10.4 Å². The molecular formula is C9H12ClNO. The Bertz CT molecular complexity index is 267. The number of halogens is 1. The average Bonchev–Trinajstić information content (AvgIpc) is 1.82. The molecular weight excluding hydrogens is 174 g/mol. The van der Waals surface area contributed by atoms with Crippen molar-refractivity contribution in [2.24, 2.45) is 0 Å². The van der Waals surface area contributed by atoms with Crippen LogP contribution in [0.5, 0.6) is 0 Å². The van der Waals surface area contributed by atoms with E-state index in [1.54, 1.807) is 26.0 Å². The highest BCUT2D eigenvalue weighted by molar-refractivity contribution is 6.30. The quantitative estimate of drug-likeness (QED) is 0.694. The standard InChI is InChI=1S/C9H12ClNO/c1-9(2,12)11-8-5-3-4-7(10)6-8/h3-6,11-12H,1-2H3. The average molecular weight is 186 g/mol. The molecule has 0 spiro atoms. The van der Waals surface area contributed by atoms with Gasteiger partial charge in [0, 0.05) is 10.7 Å². The molecule has 0 aliphatic heterocycles. The van der Waals surface area contributed by atoms with Crippen LogP contribution in [-0.2, 0) is 0 Å². The lowest BCUT2D eigenvalue weighted by atomic mass is 10.2. The molecule has 12 heavy (non-hydrogen) atoms. The van der Waals surface area contributed by atoms with Crippen LogP contribution < -0.4 is 5.32 Å². The summed E-state index contributed by atoms with van der Waals surface area (Å²) in [6.45, 7) is 3.35. The SMILES string of the molecule is CC(C)(O)Nc1cccc(Cl)c1. The van der Waals surface area contributed by atoms with Crippen LogP contribution in [0.25, 0.3) is 0 Å². The fourth-order valence-electron chi connectivity index (χ4n) is 0.919. The Hall–Kier alpha value is -0.730. The molecule has 2 N–H and O–H groups in total. The zero-order valence-electron chi connectivity index (χ0n) is 7.13. The number of hydrogen-bond acceptors (Lipinski definition) is 2. The van der Waals surface area contributed by atoms with Crippen molar-refractivity contribution >= 4 is 17.3 Å². The molecule has 66 valence electrons. The summed E-state index contributed by atoms with van der Waals surface area (Å²) in [5.74, 6) is 0. The predicted octanol–water partition coefficient (Wildman–Crippen LogP) is 2.48. The number of rotatable bonds is 2. The monoisotopic (exact) mass is 185 g/mol. The summed E-state index contributed by atoms with van der Waals surface area (Å²) >= 11 is 5.75. The van der Waals surface area contributed by atoms with E-state index in [0.717, 1.165) is 5.69 Å². The van der Waals surface area contributed by atoms with Crippen LogP contribution in [0.2, 0.25) is 5.02 Å². The highest BCUT2D eigenvalue weighted by Gasteiger charge is 2.10. The third kappa shape index (κ3) is 3.11. The van der Waals surface area contributed by atoms with Crippen LogP contribution in [0, 0.1) is 0 Å². The first-order valence-corrected chi connectivity index (χ1v) is 4.11. The van der Waals surface area contributed by atoms with Crippen molar-refractivity contribution < 1.29 is 5.11 Å². The first-order chi connectivity index (χ1) is 5.47. The van der Waals surface area contributed by atoms with E-state index in [9.17, 15) is 5.11 Å². The van der Waals surface area contributed by atoms with E-state index in [-0.39, 0.29) is 0 Å². The van der Waals surface area contributed by atoms with Crippen molar-refractivity contribution in [1.82, 2.24) is 0 Å². The third-order valence-electron chi connectivity index (χ3n) is 1.27. The summed E-state index contributed by atoms with van der Waals surface area (Å²) in [4.78, 5) is 0. The fourth-order valence-corrected chi connectivity index (χ4v) is 1.11. The Labute approximate surface area is 77.2 Å². The molecule has 0 unspecified atom stereocenters. The van der Waals surface area contributed by atoms with Crippen LogP contribution in [-0.4, -0.2) is 10.8 Å². The second kappa shape index (κ2) is 3.33. The molecule has 0 saturated carbocycles. The number of benzene rings is 1. The molecule has 1 aromatic rings. The van der Waals surface area contributed by atoms with Gasteiger partial charge in [-0.2, -0.15) is 0 Å². The minimum atomic E-state index is -0.912. The second-order valence-electron chi connectivity index (χ2n) is 3.19. The molecule has 0 radical (unpaired) electrons. The minimum Gasteiger partial charge on any atom is -0.372 e. The lowest BCUT2D eigenvalue weighted by molar-refractivity contribution is 0.111. The zero-order chi connectivity index (χ0) is 9.19. The highest BCUT2D eigenvalue weighted by atomic mass is 35.5. The number of aliphatic hydroxyl groups is 1. The van der Waals surface area contributed by atoms with Gasteiger partial charge in [-0.05, 0) is 32.0 Å². The second-order valence-corrected chi connectivity index (χ2v) is 3.63. The van der Waals surface area contributed by atoms with E-state index in [0.29, 0.717) is 5.02 Å². The maximum absolute atomic E-state index is 9.41. The summed E-state index contributed by atoms with van der Waals surface area (Å²) in [5, 5.41) is 13.0. The maximum atomic E-state index is 9.41. The summed E-state index contributed by atoms with van der Waals surface area (Å²) in [6.07, 6.45) is 0. The zero-order valence-corrected chi connectivity index (χ0v) is 7.89. The van der Waals surface area contributed by atoms with E-state index in [4.69, 9.17) is 11.6 Å². The Morgan fingerprint density at radius 3 is 2.58 bits per heavy atom. The maximum Gasteiger partial charge on any atom is 0.129 e. The number of nitrogens with one attached hydrogen (secondary N) is 1. The van der Waals surface area contributed by atoms with E-state index >= 15 is 0 Å². The Morgan fingerprint density at radius 2 is 2.08 bits per heavy atom. The Kier molecular flexibility index (Phi) is 2.60. The Balaban J connectivity index is 2.77. The van der Waals surface area contributed by atoms with Gasteiger partial charge in [0.05, 0.1) is 0 Å². The topological polar surface area (TPSA) is 32.3 Å². The van der Waals surface area contributed by atoms with Gasteiger partial charge >= 0.3 is 0 Å². The van der Waals surface area contributed by atoms with Crippen molar-refractivity contribution in [2.75, 3.05) is 5.32 Å². The van der Waals surface area contributed by atoms with Crippen molar-refractivity contribution in [1.29, 1.82) is 0 Å². The van der Waals surface area contributed by atoms with E-state index in [1.807, 2.05) is 12.1 Å². The van der Waals surface area contributed by atoms with E-state index in [1.165, 1.54) is 0 Å². The first-order valence-electron chi connectivity index (χ1n) is 3.73. The highest BCUT2D eigenvalue weighted by Crippen LogP contribution is 2.17. The minimum absolute atomic E-state index is 0.657. The summed E-state index contributed by atoms with van der Waals surface area (Å²) in [7, 11) is 0. The molecule has 0 fully saturated rings. The molecule has 2 nitrogen and oxygen atoms in total. The van der Waals surface area contributed by atoms with Gasteiger partial charge in [0.2, 0.25) is 0 Å². The third-order valence-corrected chi connectivity index (χ3v) is 1.51. The van der Waals surface area contributed by atoms with Crippen LogP contribution >= 0.6 is 11.6 Å². The lowest BCUT2D eigenvalue weighted by Crippen LogP contribution is -2.29. The largest absolute Gasteiger partial charge is 0.372 e. The van der Waals surface area contributed by atoms with Gasteiger partial charge in [0.15, 0.2) is 0 Å². The molecule has 0 aliphatic carbocycles. The van der Waals surface area contributed by atoms with Crippen LogP contribution in [0.1, 0.15) is 13.8 Å². The Morgan fingerprint density at radius 1 is 1.42 bits per heavy atom. The predicted molar refractivity (Wildman–Crippen MR) is 51.4 cm³/mol. The first kappa shape index (κ1) is 9.36. The van der Waals surface area contributed by atoms with Crippen LogP contribution in [0.15, 0.2) is 24.3 Å². The molecule has 0 saturated heterocycles. The molecule has 0 aliphatic rings. The van der Waals surface area contributed by atoms with Gasteiger partial charge in [0.25, 0.3) is 0 Å². The van der Waals surface area contributed by atoms with Crippen molar-refractivity contribution in [2.45, 2.75) is 19.6 Å². The molecule has 3 heteroatoms. The summed E-state index contributed by atoms with van der Waals surface area (Å²) in [6, 6.07) is 7.23. The molecule has 0 bridgehead atoms. The molecule has 0 amide bonds. The molecule has 1 rings (SSSR count). The normalized spacial score (nSPS) is 11.3. The van der Waals surface area contributed by atoms with Gasteiger partial charge in [-0.1, -0.05) is 17.7 Å². The van der Waals surface area contributed by atoms with E-state index < -0.39 is 5.72 Å². The fraction of sp³-hybridized carbons (Fsp3) is 0.333. The van der Waals surface area contributed by atoms with Crippen molar-refractivity contribution in [3.8, 4) is 0 Å².